The third kappa shape index (κ3) is 3.43. The average molecular weight is 330 g/mol. The number of hydrogen-bond donors (Lipinski definition) is 1. The number of carbonyl (C=O) groups is 1. The number of rotatable bonds is 4. The lowest BCUT2D eigenvalue weighted by molar-refractivity contribution is 0.0924. The number of hydrogen-bond acceptors (Lipinski definition) is 2. The number of halogens is 2. The van der Waals surface area contributed by atoms with Crippen LogP contribution in [-0.2, 0) is 6.54 Å². The van der Waals surface area contributed by atoms with Gasteiger partial charge in [0.05, 0.1) is 5.56 Å². The summed E-state index contributed by atoms with van der Waals surface area (Å²) in [5.41, 5.74) is 1.13. The normalized spacial score (nSPS) is 10.5. The first-order chi connectivity index (χ1) is 11.1. The lowest BCUT2D eigenvalue weighted by Crippen LogP contribution is -2.22. The minimum Gasteiger partial charge on any atom is -0.451 e. The SMILES string of the molecule is O=C(NCc1ccccc1Cl)c1ccc(-c2ccccc2F)o1. The van der Waals surface area contributed by atoms with Crippen molar-refractivity contribution >= 4 is 17.5 Å². The average Bonchev–Trinajstić information content (AvgIpc) is 3.04. The Labute approximate surface area is 137 Å². The molecule has 0 saturated heterocycles. The van der Waals surface area contributed by atoms with E-state index < -0.39 is 5.82 Å². The summed E-state index contributed by atoms with van der Waals surface area (Å²) in [5, 5.41) is 3.31. The quantitative estimate of drug-likeness (QED) is 0.755. The van der Waals surface area contributed by atoms with E-state index in [9.17, 15) is 9.18 Å². The van der Waals surface area contributed by atoms with Crippen LogP contribution in [0, 0.1) is 5.82 Å². The van der Waals surface area contributed by atoms with E-state index >= 15 is 0 Å². The Morgan fingerprint density at radius 2 is 1.78 bits per heavy atom. The monoisotopic (exact) mass is 329 g/mol. The Hall–Kier alpha value is -2.59. The van der Waals surface area contributed by atoms with Gasteiger partial charge >= 0.3 is 0 Å². The molecule has 0 fully saturated rings. The number of carbonyl (C=O) groups excluding carboxylic acids is 1. The predicted octanol–water partition coefficient (Wildman–Crippen LogP) is 4.67. The summed E-state index contributed by atoms with van der Waals surface area (Å²) >= 11 is 6.04. The molecule has 5 heteroatoms. The predicted molar refractivity (Wildman–Crippen MR) is 86.7 cm³/mol. The van der Waals surface area contributed by atoms with Gasteiger partial charge in [0.25, 0.3) is 5.91 Å². The molecule has 0 saturated carbocycles. The van der Waals surface area contributed by atoms with E-state index in [1.54, 1.807) is 30.3 Å². The van der Waals surface area contributed by atoms with Gasteiger partial charge in [0, 0.05) is 11.6 Å². The minimum atomic E-state index is -0.398. The van der Waals surface area contributed by atoms with E-state index in [1.165, 1.54) is 12.1 Å². The Morgan fingerprint density at radius 1 is 1.04 bits per heavy atom. The van der Waals surface area contributed by atoms with Crippen molar-refractivity contribution in [2.45, 2.75) is 6.54 Å². The zero-order valence-corrected chi connectivity index (χ0v) is 12.8. The van der Waals surface area contributed by atoms with Gasteiger partial charge in [-0.3, -0.25) is 4.79 Å². The largest absolute Gasteiger partial charge is 0.451 e. The molecule has 0 aliphatic carbocycles. The summed E-state index contributed by atoms with van der Waals surface area (Å²) < 4.78 is 19.2. The summed E-state index contributed by atoms with van der Waals surface area (Å²) in [6.07, 6.45) is 0. The maximum absolute atomic E-state index is 13.7. The summed E-state index contributed by atoms with van der Waals surface area (Å²) in [7, 11) is 0. The second-order valence-corrected chi connectivity index (χ2v) is 5.33. The molecule has 1 amide bonds. The molecule has 0 atom stereocenters. The van der Waals surface area contributed by atoms with Crippen LogP contribution in [0.25, 0.3) is 11.3 Å². The van der Waals surface area contributed by atoms with Crippen molar-refractivity contribution in [2.75, 3.05) is 0 Å². The zero-order chi connectivity index (χ0) is 16.2. The Balaban J connectivity index is 1.72. The van der Waals surface area contributed by atoms with E-state index in [0.717, 1.165) is 5.56 Å². The van der Waals surface area contributed by atoms with Crippen molar-refractivity contribution in [2.24, 2.45) is 0 Å². The first kappa shape index (κ1) is 15.3. The van der Waals surface area contributed by atoms with Crippen LogP contribution >= 0.6 is 11.6 Å². The zero-order valence-electron chi connectivity index (χ0n) is 12.1. The Bertz CT molecular complexity index is 844. The Kier molecular flexibility index (Phi) is 4.44. The van der Waals surface area contributed by atoms with E-state index in [4.69, 9.17) is 16.0 Å². The maximum Gasteiger partial charge on any atom is 0.287 e. The van der Waals surface area contributed by atoms with Gasteiger partial charge in [0.1, 0.15) is 11.6 Å². The fourth-order valence-electron chi connectivity index (χ4n) is 2.17. The van der Waals surface area contributed by atoms with Crippen LogP contribution in [0.5, 0.6) is 0 Å². The van der Waals surface area contributed by atoms with E-state index in [2.05, 4.69) is 5.32 Å². The minimum absolute atomic E-state index is 0.121. The van der Waals surface area contributed by atoms with E-state index in [1.807, 2.05) is 18.2 Å². The molecule has 2 aromatic carbocycles. The van der Waals surface area contributed by atoms with Gasteiger partial charge < -0.3 is 9.73 Å². The van der Waals surface area contributed by atoms with Crippen molar-refractivity contribution in [3.8, 4) is 11.3 Å². The summed E-state index contributed by atoms with van der Waals surface area (Å²) in [4.78, 5) is 12.1. The van der Waals surface area contributed by atoms with Crippen LogP contribution in [-0.4, -0.2) is 5.91 Å². The molecule has 0 bridgehead atoms. The van der Waals surface area contributed by atoms with Gasteiger partial charge in [0.2, 0.25) is 0 Å². The summed E-state index contributed by atoms with van der Waals surface area (Å²) in [6.45, 7) is 0.286. The van der Waals surface area contributed by atoms with Crippen LogP contribution < -0.4 is 5.32 Å². The smallest absolute Gasteiger partial charge is 0.287 e. The standard InChI is InChI=1S/C18H13ClFNO2/c19-14-7-3-1-5-12(14)11-21-18(22)17-10-9-16(23-17)13-6-2-4-8-15(13)20/h1-10H,11H2,(H,21,22). The van der Waals surface area contributed by atoms with Crippen LogP contribution in [0.3, 0.4) is 0 Å². The molecule has 0 unspecified atom stereocenters. The molecule has 0 spiro atoms. The summed E-state index contributed by atoms with van der Waals surface area (Å²) in [5.74, 6) is -0.348. The first-order valence-corrected chi connectivity index (χ1v) is 7.39. The van der Waals surface area contributed by atoms with Gasteiger partial charge in [-0.05, 0) is 35.9 Å². The third-order valence-corrected chi connectivity index (χ3v) is 3.74. The second kappa shape index (κ2) is 6.67. The Morgan fingerprint density at radius 3 is 2.57 bits per heavy atom. The molecule has 23 heavy (non-hydrogen) atoms. The molecule has 116 valence electrons. The summed E-state index contributed by atoms with van der Waals surface area (Å²) in [6, 6.07) is 16.6. The number of nitrogens with one attached hydrogen (secondary N) is 1. The molecule has 3 aromatic rings. The lowest BCUT2D eigenvalue weighted by Gasteiger charge is -2.05. The highest BCUT2D eigenvalue weighted by Gasteiger charge is 2.14. The van der Waals surface area contributed by atoms with Crippen molar-refractivity contribution in [3.05, 3.63) is 82.8 Å². The first-order valence-electron chi connectivity index (χ1n) is 7.01. The van der Waals surface area contributed by atoms with Gasteiger partial charge in [-0.1, -0.05) is 41.9 Å². The van der Waals surface area contributed by atoms with Gasteiger partial charge in [-0.15, -0.1) is 0 Å². The maximum atomic E-state index is 13.7. The highest BCUT2D eigenvalue weighted by Crippen LogP contribution is 2.24. The fraction of sp³-hybridized carbons (Fsp3) is 0.0556. The molecule has 3 rings (SSSR count). The van der Waals surface area contributed by atoms with Crippen LogP contribution in [0.4, 0.5) is 4.39 Å². The van der Waals surface area contributed by atoms with Crippen LogP contribution in [0.15, 0.2) is 65.1 Å². The second-order valence-electron chi connectivity index (χ2n) is 4.92. The molecular weight excluding hydrogens is 317 g/mol. The lowest BCUT2D eigenvalue weighted by atomic mass is 10.1. The molecular formula is C18H13ClFNO2. The molecule has 3 nitrogen and oxygen atoms in total. The molecule has 1 N–H and O–H groups in total. The van der Waals surface area contributed by atoms with Crippen LogP contribution in [0.2, 0.25) is 5.02 Å². The van der Waals surface area contributed by atoms with Gasteiger partial charge in [-0.2, -0.15) is 0 Å². The number of furan rings is 1. The molecule has 0 aliphatic rings. The number of benzene rings is 2. The van der Waals surface area contributed by atoms with Crippen molar-refractivity contribution in [3.63, 3.8) is 0 Å². The molecule has 1 heterocycles. The van der Waals surface area contributed by atoms with Crippen molar-refractivity contribution in [1.82, 2.24) is 5.32 Å². The van der Waals surface area contributed by atoms with Crippen molar-refractivity contribution in [1.29, 1.82) is 0 Å². The van der Waals surface area contributed by atoms with Gasteiger partial charge in [0.15, 0.2) is 5.76 Å². The third-order valence-electron chi connectivity index (χ3n) is 3.37. The van der Waals surface area contributed by atoms with E-state index in [0.29, 0.717) is 16.3 Å². The molecule has 1 aromatic heterocycles. The van der Waals surface area contributed by atoms with Gasteiger partial charge in [-0.25, -0.2) is 4.39 Å². The number of amides is 1. The van der Waals surface area contributed by atoms with Crippen molar-refractivity contribution < 1.29 is 13.6 Å². The molecule has 0 aliphatic heterocycles. The highest BCUT2D eigenvalue weighted by atomic mass is 35.5. The topological polar surface area (TPSA) is 42.2 Å². The highest BCUT2D eigenvalue weighted by molar-refractivity contribution is 6.31. The molecule has 0 radical (unpaired) electrons. The van der Waals surface area contributed by atoms with E-state index in [-0.39, 0.29) is 18.2 Å². The fourth-order valence-corrected chi connectivity index (χ4v) is 2.37. The van der Waals surface area contributed by atoms with Crippen LogP contribution in [0.1, 0.15) is 16.1 Å².